The van der Waals surface area contributed by atoms with Gasteiger partial charge in [0.2, 0.25) is 5.95 Å². The lowest BCUT2D eigenvalue weighted by molar-refractivity contribution is -0.149. The van der Waals surface area contributed by atoms with E-state index < -0.39 is 6.10 Å². The SMILES string of the molecule is COc1cc(OC2CN(C(=O)[C@@H](C)OC)C2)ccc1Nc1ncc(Cl)c(-c2cnc3ccccn23)n1. The van der Waals surface area contributed by atoms with E-state index in [-0.39, 0.29) is 12.0 Å². The number of anilines is 2. The molecule has 0 unspecified atom stereocenters. The Hall–Kier alpha value is -3.89. The van der Waals surface area contributed by atoms with Crippen molar-refractivity contribution in [2.45, 2.75) is 19.1 Å². The van der Waals surface area contributed by atoms with Crippen molar-refractivity contribution in [2.75, 3.05) is 32.6 Å². The van der Waals surface area contributed by atoms with E-state index in [4.69, 9.17) is 25.8 Å². The molecule has 1 aliphatic heterocycles. The maximum absolute atomic E-state index is 12.1. The van der Waals surface area contributed by atoms with Crippen molar-refractivity contribution in [3.05, 3.63) is 60.0 Å². The molecule has 36 heavy (non-hydrogen) atoms. The van der Waals surface area contributed by atoms with Gasteiger partial charge in [-0.25, -0.2) is 15.0 Å². The number of nitrogens with zero attached hydrogens (tertiary/aromatic N) is 5. The zero-order chi connectivity index (χ0) is 25.2. The minimum absolute atomic E-state index is 0.0410. The summed E-state index contributed by atoms with van der Waals surface area (Å²) in [5, 5.41) is 3.60. The number of methoxy groups -OCH3 is 2. The molecule has 3 aromatic heterocycles. The van der Waals surface area contributed by atoms with Crippen LogP contribution in [0.1, 0.15) is 6.92 Å². The Kier molecular flexibility index (Phi) is 6.62. The number of aromatic nitrogens is 4. The Balaban J connectivity index is 1.30. The third-order valence-electron chi connectivity index (χ3n) is 5.99. The third kappa shape index (κ3) is 4.65. The fourth-order valence-electron chi connectivity index (χ4n) is 3.93. The van der Waals surface area contributed by atoms with Crippen LogP contribution in [-0.4, -0.2) is 69.7 Å². The molecule has 5 rings (SSSR count). The highest BCUT2D eigenvalue weighted by Gasteiger charge is 2.34. The van der Waals surface area contributed by atoms with Crippen molar-refractivity contribution >= 4 is 34.8 Å². The lowest BCUT2D eigenvalue weighted by Gasteiger charge is -2.40. The first-order valence-electron chi connectivity index (χ1n) is 11.3. The summed E-state index contributed by atoms with van der Waals surface area (Å²) in [6.07, 6.45) is 4.63. The molecule has 0 saturated carbocycles. The summed E-state index contributed by atoms with van der Waals surface area (Å²) in [5.74, 6) is 1.51. The molecule has 1 aliphatic rings. The van der Waals surface area contributed by atoms with Crippen molar-refractivity contribution in [1.29, 1.82) is 0 Å². The number of nitrogens with one attached hydrogen (secondary N) is 1. The molecule has 0 aliphatic carbocycles. The van der Waals surface area contributed by atoms with Crippen LogP contribution < -0.4 is 14.8 Å². The number of ether oxygens (including phenoxy) is 3. The smallest absolute Gasteiger partial charge is 0.251 e. The number of likely N-dealkylation sites (tertiary alicyclic amines) is 1. The van der Waals surface area contributed by atoms with E-state index in [1.807, 2.05) is 40.9 Å². The standard InChI is InChI=1S/C25H25ClN6O4/c1-15(34-2)24(33)31-13-17(14-31)36-16-7-8-19(21(10-16)35-3)29-25-28-11-18(26)23(30-25)20-12-27-22-6-4-5-9-32(20)22/h4-12,15,17H,13-14H2,1-3H3,(H,28,29,30)/t15-/m1/s1. The molecule has 1 amide bonds. The topological polar surface area (TPSA) is 103 Å². The monoisotopic (exact) mass is 508 g/mol. The van der Waals surface area contributed by atoms with E-state index in [0.29, 0.717) is 46.9 Å². The Bertz CT molecular complexity index is 1400. The van der Waals surface area contributed by atoms with E-state index in [2.05, 4.69) is 20.3 Å². The van der Waals surface area contributed by atoms with E-state index in [0.717, 1.165) is 11.3 Å². The number of benzene rings is 1. The van der Waals surface area contributed by atoms with Crippen LogP contribution in [-0.2, 0) is 9.53 Å². The van der Waals surface area contributed by atoms with Gasteiger partial charge in [0.05, 0.1) is 49.0 Å². The van der Waals surface area contributed by atoms with Gasteiger partial charge in [-0.1, -0.05) is 17.7 Å². The van der Waals surface area contributed by atoms with Crippen molar-refractivity contribution < 1.29 is 19.0 Å². The molecule has 1 aromatic carbocycles. The molecule has 1 saturated heterocycles. The second-order valence-corrected chi connectivity index (χ2v) is 8.72. The molecule has 1 atom stereocenters. The molecular formula is C25H25ClN6O4. The average Bonchev–Trinajstić information content (AvgIpc) is 3.31. The predicted octanol–water partition coefficient (Wildman–Crippen LogP) is 3.82. The summed E-state index contributed by atoms with van der Waals surface area (Å²) in [7, 11) is 3.10. The number of imidazole rings is 1. The second-order valence-electron chi connectivity index (χ2n) is 8.31. The highest BCUT2D eigenvalue weighted by molar-refractivity contribution is 6.32. The molecule has 4 heterocycles. The maximum atomic E-state index is 12.1. The highest BCUT2D eigenvalue weighted by Crippen LogP contribution is 2.33. The van der Waals surface area contributed by atoms with Gasteiger partial charge in [0.15, 0.2) is 0 Å². The van der Waals surface area contributed by atoms with Gasteiger partial charge < -0.3 is 24.4 Å². The first-order chi connectivity index (χ1) is 17.5. The van der Waals surface area contributed by atoms with Gasteiger partial charge in [-0.05, 0) is 31.2 Å². The molecule has 1 fully saturated rings. The first-order valence-corrected chi connectivity index (χ1v) is 11.7. The third-order valence-corrected chi connectivity index (χ3v) is 6.26. The van der Waals surface area contributed by atoms with Crippen LogP contribution in [0.15, 0.2) is 55.0 Å². The number of carbonyl (C=O) groups is 1. The van der Waals surface area contributed by atoms with Crippen molar-refractivity contribution in [3.63, 3.8) is 0 Å². The average molecular weight is 509 g/mol. The van der Waals surface area contributed by atoms with E-state index in [9.17, 15) is 4.79 Å². The zero-order valence-electron chi connectivity index (χ0n) is 20.0. The molecule has 1 N–H and O–H groups in total. The molecule has 0 bridgehead atoms. The summed E-state index contributed by atoms with van der Waals surface area (Å²) in [6, 6.07) is 11.2. The zero-order valence-corrected chi connectivity index (χ0v) is 20.8. The second kappa shape index (κ2) is 10.00. The van der Waals surface area contributed by atoms with Crippen LogP contribution in [0, 0.1) is 0 Å². The van der Waals surface area contributed by atoms with Gasteiger partial charge in [0.25, 0.3) is 5.91 Å². The Labute approximate surface area is 212 Å². The highest BCUT2D eigenvalue weighted by atomic mass is 35.5. The summed E-state index contributed by atoms with van der Waals surface area (Å²) in [4.78, 5) is 27.2. The van der Waals surface area contributed by atoms with Crippen molar-refractivity contribution in [1.82, 2.24) is 24.3 Å². The number of fused-ring (bicyclic) bond motifs is 1. The molecule has 4 aromatic rings. The number of halogens is 1. The van der Waals surface area contributed by atoms with Crippen LogP contribution in [0.4, 0.5) is 11.6 Å². The summed E-state index contributed by atoms with van der Waals surface area (Å²) >= 11 is 6.43. The molecule has 0 radical (unpaired) electrons. The Morgan fingerprint density at radius 1 is 1.17 bits per heavy atom. The molecule has 0 spiro atoms. The number of pyridine rings is 1. The molecule has 186 valence electrons. The van der Waals surface area contributed by atoms with E-state index in [1.54, 1.807) is 37.4 Å². The summed E-state index contributed by atoms with van der Waals surface area (Å²) in [5.41, 5.74) is 2.76. The van der Waals surface area contributed by atoms with Crippen LogP contribution >= 0.6 is 11.6 Å². The minimum atomic E-state index is -0.459. The van der Waals surface area contributed by atoms with Gasteiger partial charge in [-0.2, -0.15) is 0 Å². The fraction of sp³-hybridized carbons (Fsp3) is 0.280. The quantitative estimate of drug-likeness (QED) is 0.383. The first kappa shape index (κ1) is 23.8. The Morgan fingerprint density at radius 3 is 2.78 bits per heavy atom. The predicted molar refractivity (Wildman–Crippen MR) is 135 cm³/mol. The molecule has 11 heteroatoms. The number of carbonyl (C=O) groups excluding carboxylic acids is 1. The van der Waals surface area contributed by atoms with E-state index in [1.165, 1.54) is 7.11 Å². The van der Waals surface area contributed by atoms with Crippen molar-refractivity contribution in [3.8, 4) is 22.9 Å². The van der Waals surface area contributed by atoms with Gasteiger partial charge >= 0.3 is 0 Å². The maximum Gasteiger partial charge on any atom is 0.251 e. The molecule has 10 nitrogen and oxygen atoms in total. The lowest BCUT2D eigenvalue weighted by atomic mass is 10.1. The Morgan fingerprint density at radius 2 is 2.00 bits per heavy atom. The van der Waals surface area contributed by atoms with Gasteiger partial charge in [-0.15, -0.1) is 0 Å². The summed E-state index contributed by atoms with van der Waals surface area (Å²) < 4.78 is 18.6. The molecular weight excluding hydrogens is 484 g/mol. The van der Waals surface area contributed by atoms with Crippen molar-refractivity contribution in [2.24, 2.45) is 0 Å². The summed E-state index contributed by atoms with van der Waals surface area (Å²) in [6.45, 7) is 2.76. The van der Waals surface area contributed by atoms with Crippen LogP contribution in [0.25, 0.3) is 17.0 Å². The largest absolute Gasteiger partial charge is 0.494 e. The number of hydrogen-bond donors (Lipinski definition) is 1. The lowest BCUT2D eigenvalue weighted by Crippen LogP contribution is -2.58. The van der Waals surface area contributed by atoms with Gasteiger partial charge in [0.1, 0.15) is 35.0 Å². The minimum Gasteiger partial charge on any atom is -0.494 e. The van der Waals surface area contributed by atoms with Crippen LogP contribution in [0.2, 0.25) is 5.02 Å². The number of rotatable bonds is 8. The van der Waals surface area contributed by atoms with Gasteiger partial charge in [-0.3, -0.25) is 9.20 Å². The van der Waals surface area contributed by atoms with E-state index >= 15 is 0 Å². The number of hydrogen-bond acceptors (Lipinski definition) is 8. The van der Waals surface area contributed by atoms with Crippen LogP contribution in [0.5, 0.6) is 11.5 Å². The van der Waals surface area contributed by atoms with Gasteiger partial charge in [0, 0.05) is 19.4 Å². The normalized spacial score (nSPS) is 14.4. The van der Waals surface area contributed by atoms with Crippen LogP contribution in [0.3, 0.4) is 0 Å². The number of amides is 1. The fourth-order valence-corrected chi connectivity index (χ4v) is 4.11.